The molecule has 1 aliphatic heterocycles. The number of para-hydroxylation sites is 1. The third-order valence-corrected chi connectivity index (χ3v) is 4.30. The third-order valence-electron chi connectivity index (χ3n) is 3.56. The molecule has 2 aromatic carbocycles. The zero-order chi connectivity index (χ0) is 14.7. The number of fused-ring (bicyclic) bond motifs is 1. The maximum Gasteiger partial charge on any atom is 0.251 e. The zero-order valence-electron chi connectivity index (χ0n) is 11.8. The lowest BCUT2D eigenvalue weighted by Gasteiger charge is -2.12. The zero-order valence-corrected chi connectivity index (χ0v) is 12.7. The Hall–Kier alpha value is -1.94. The lowest BCUT2D eigenvalue weighted by Crippen LogP contribution is -2.34. The van der Waals surface area contributed by atoms with Crippen LogP contribution in [0, 0.1) is 0 Å². The molecule has 3 nitrogen and oxygen atoms in total. The molecule has 2 aromatic rings. The van der Waals surface area contributed by atoms with Crippen molar-refractivity contribution in [3.8, 4) is 5.75 Å². The van der Waals surface area contributed by atoms with Gasteiger partial charge in [0.15, 0.2) is 0 Å². The van der Waals surface area contributed by atoms with E-state index in [4.69, 9.17) is 4.74 Å². The van der Waals surface area contributed by atoms with E-state index in [-0.39, 0.29) is 12.0 Å². The standard InChI is InChI=1S/C17H17NO2S/c1-21-15-8-6-12(7-9-15)17(19)18-11-14-10-13-4-2-3-5-16(13)20-14/h2-9,14H,10-11H2,1H3,(H,18,19). The van der Waals surface area contributed by atoms with Crippen LogP contribution in [-0.4, -0.2) is 24.8 Å². The predicted molar refractivity (Wildman–Crippen MR) is 85.1 cm³/mol. The minimum atomic E-state index is -0.0535. The molecule has 21 heavy (non-hydrogen) atoms. The van der Waals surface area contributed by atoms with E-state index in [9.17, 15) is 4.79 Å². The maximum absolute atomic E-state index is 12.1. The number of rotatable bonds is 4. The van der Waals surface area contributed by atoms with Crippen molar-refractivity contribution >= 4 is 17.7 Å². The molecule has 1 N–H and O–H groups in total. The molecule has 0 spiro atoms. The largest absolute Gasteiger partial charge is 0.488 e. The van der Waals surface area contributed by atoms with Crippen molar-refractivity contribution in [3.05, 3.63) is 59.7 Å². The Morgan fingerprint density at radius 1 is 1.24 bits per heavy atom. The summed E-state index contributed by atoms with van der Waals surface area (Å²) in [5.74, 6) is 0.878. The van der Waals surface area contributed by atoms with Crippen LogP contribution in [0.2, 0.25) is 0 Å². The van der Waals surface area contributed by atoms with E-state index in [0.29, 0.717) is 12.1 Å². The van der Waals surface area contributed by atoms with Gasteiger partial charge in [-0.25, -0.2) is 0 Å². The molecular formula is C17H17NO2S. The highest BCUT2D eigenvalue weighted by Crippen LogP contribution is 2.27. The van der Waals surface area contributed by atoms with Crippen LogP contribution in [0.5, 0.6) is 5.75 Å². The second-order valence-corrected chi connectivity index (χ2v) is 5.87. The summed E-state index contributed by atoms with van der Waals surface area (Å²) in [5, 5.41) is 2.94. The average molecular weight is 299 g/mol. The van der Waals surface area contributed by atoms with Gasteiger partial charge in [-0.05, 0) is 42.2 Å². The summed E-state index contributed by atoms with van der Waals surface area (Å²) in [5.41, 5.74) is 1.89. The van der Waals surface area contributed by atoms with Gasteiger partial charge in [-0.2, -0.15) is 0 Å². The number of nitrogens with one attached hydrogen (secondary N) is 1. The number of carbonyl (C=O) groups is 1. The van der Waals surface area contributed by atoms with Gasteiger partial charge in [0.1, 0.15) is 11.9 Å². The van der Waals surface area contributed by atoms with Crippen molar-refractivity contribution < 1.29 is 9.53 Å². The summed E-state index contributed by atoms with van der Waals surface area (Å²) < 4.78 is 5.81. The summed E-state index contributed by atoms with van der Waals surface area (Å²) >= 11 is 1.66. The highest BCUT2D eigenvalue weighted by atomic mass is 32.2. The van der Waals surface area contributed by atoms with Crippen LogP contribution in [0.4, 0.5) is 0 Å². The summed E-state index contributed by atoms with van der Waals surface area (Å²) in [7, 11) is 0. The number of hydrogen-bond acceptors (Lipinski definition) is 3. The summed E-state index contributed by atoms with van der Waals surface area (Å²) in [6.07, 6.45) is 2.89. The normalized spacial score (nSPS) is 16.1. The molecule has 0 aromatic heterocycles. The van der Waals surface area contributed by atoms with E-state index < -0.39 is 0 Å². The molecule has 0 fully saturated rings. The molecule has 1 atom stereocenters. The van der Waals surface area contributed by atoms with Crippen molar-refractivity contribution in [3.63, 3.8) is 0 Å². The molecule has 0 radical (unpaired) electrons. The average Bonchev–Trinajstić information content (AvgIpc) is 2.95. The van der Waals surface area contributed by atoms with E-state index in [1.807, 2.05) is 48.7 Å². The van der Waals surface area contributed by atoms with Crippen molar-refractivity contribution in [2.75, 3.05) is 12.8 Å². The highest BCUT2D eigenvalue weighted by Gasteiger charge is 2.22. The van der Waals surface area contributed by atoms with Gasteiger partial charge in [0.25, 0.3) is 5.91 Å². The molecule has 3 rings (SSSR count). The fraction of sp³-hybridized carbons (Fsp3) is 0.235. The number of carbonyl (C=O) groups excluding carboxylic acids is 1. The van der Waals surface area contributed by atoms with E-state index in [2.05, 4.69) is 11.4 Å². The van der Waals surface area contributed by atoms with Crippen LogP contribution in [0.25, 0.3) is 0 Å². The lowest BCUT2D eigenvalue weighted by atomic mass is 10.1. The van der Waals surface area contributed by atoms with Gasteiger partial charge in [0, 0.05) is 16.9 Å². The molecule has 1 amide bonds. The van der Waals surface area contributed by atoms with Gasteiger partial charge in [-0.15, -0.1) is 11.8 Å². The molecule has 0 aliphatic carbocycles. The fourth-order valence-corrected chi connectivity index (χ4v) is 2.83. The van der Waals surface area contributed by atoms with Crippen LogP contribution < -0.4 is 10.1 Å². The summed E-state index contributed by atoms with van der Waals surface area (Å²) in [4.78, 5) is 13.3. The van der Waals surface area contributed by atoms with Crippen LogP contribution in [0.15, 0.2) is 53.4 Å². The number of benzene rings is 2. The van der Waals surface area contributed by atoms with Gasteiger partial charge in [0.2, 0.25) is 0 Å². The van der Waals surface area contributed by atoms with E-state index >= 15 is 0 Å². The van der Waals surface area contributed by atoms with Gasteiger partial charge >= 0.3 is 0 Å². The second kappa shape index (κ2) is 6.22. The van der Waals surface area contributed by atoms with Crippen molar-refractivity contribution in [1.29, 1.82) is 0 Å². The summed E-state index contributed by atoms with van der Waals surface area (Å²) in [6, 6.07) is 15.6. The van der Waals surface area contributed by atoms with E-state index in [1.165, 1.54) is 5.56 Å². The van der Waals surface area contributed by atoms with Crippen LogP contribution in [-0.2, 0) is 6.42 Å². The molecular weight excluding hydrogens is 282 g/mol. The third kappa shape index (κ3) is 3.22. The molecule has 1 aliphatic rings. The molecule has 0 saturated carbocycles. The van der Waals surface area contributed by atoms with Crippen LogP contribution >= 0.6 is 11.8 Å². The maximum atomic E-state index is 12.1. The van der Waals surface area contributed by atoms with Gasteiger partial charge in [-0.3, -0.25) is 4.79 Å². The monoisotopic (exact) mass is 299 g/mol. The number of thioether (sulfide) groups is 1. The van der Waals surface area contributed by atoms with Crippen molar-refractivity contribution in [2.24, 2.45) is 0 Å². The Kier molecular flexibility index (Phi) is 4.15. The SMILES string of the molecule is CSc1ccc(C(=O)NCC2Cc3ccccc3O2)cc1. The molecule has 4 heteroatoms. The van der Waals surface area contributed by atoms with Crippen LogP contribution in [0.1, 0.15) is 15.9 Å². The van der Waals surface area contributed by atoms with Crippen LogP contribution in [0.3, 0.4) is 0 Å². The minimum absolute atomic E-state index is 0.0248. The van der Waals surface area contributed by atoms with Gasteiger partial charge in [-0.1, -0.05) is 18.2 Å². The molecule has 0 saturated heterocycles. The number of ether oxygens (including phenoxy) is 1. The fourth-order valence-electron chi connectivity index (χ4n) is 2.42. The highest BCUT2D eigenvalue weighted by molar-refractivity contribution is 7.98. The smallest absolute Gasteiger partial charge is 0.251 e. The Morgan fingerprint density at radius 2 is 2.00 bits per heavy atom. The Bertz CT molecular complexity index is 614. The van der Waals surface area contributed by atoms with Gasteiger partial charge in [0.05, 0.1) is 6.54 Å². The van der Waals surface area contributed by atoms with Gasteiger partial charge < -0.3 is 10.1 Å². The Labute approximate surface area is 128 Å². The first-order valence-corrected chi connectivity index (χ1v) is 8.15. The number of hydrogen-bond donors (Lipinski definition) is 1. The summed E-state index contributed by atoms with van der Waals surface area (Å²) in [6.45, 7) is 0.526. The quantitative estimate of drug-likeness (QED) is 0.881. The van der Waals surface area contributed by atoms with E-state index in [1.54, 1.807) is 11.8 Å². The second-order valence-electron chi connectivity index (χ2n) is 4.99. The molecule has 1 unspecified atom stereocenters. The first-order valence-electron chi connectivity index (χ1n) is 6.93. The molecule has 108 valence electrons. The van der Waals surface area contributed by atoms with Crippen molar-refractivity contribution in [1.82, 2.24) is 5.32 Å². The molecule has 1 heterocycles. The number of amides is 1. The Morgan fingerprint density at radius 3 is 2.71 bits per heavy atom. The van der Waals surface area contributed by atoms with Crippen molar-refractivity contribution in [2.45, 2.75) is 17.4 Å². The predicted octanol–water partition coefficient (Wildman–Crippen LogP) is 3.14. The lowest BCUT2D eigenvalue weighted by molar-refractivity contribution is 0.0933. The topological polar surface area (TPSA) is 38.3 Å². The van der Waals surface area contributed by atoms with E-state index in [0.717, 1.165) is 17.1 Å². The first kappa shape index (κ1) is 14.0. The minimum Gasteiger partial charge on any atom is -0.488 e. The molecule has 0 bridgehead atoms. The first-order chi connectivity index (χ1) is 10.3. The Balaban J connectivity index is 1.55.